The van der Waals surface area contributed by atoms with Crippen molar-refractivity contribution in [3.8, 4) is 0 Å². The molecule has 1 aromatic heterocycles. The van der Waals surface area contributed by atoms with Gasteiger partial charge in [0.05, 0.1) is 27.3 Å². The minimum Gasteiger partial charge on any atom is -0.382 e. The number of anilines is 1. The van der Waals surface area contributed by atoms with Crippen LogP contribution in [0.4, 0.5) is 5.82 Å². The quantitative estimate of drug-likeness (QED) is 0.670. The molecule has 1 amide bonds. The van der Waals surface area contributed by atoms with Crippen LogP contribution in [0, 0.1) is 0 Å². The smallest absolute Gasteiger partial charge is 0.273 e. The summed E-state index contributed by atoms with van der Waals surface area (Å²) in [4.78, 5) is 12.2. The van der Waals surface area contributed by atoms with Crippen LogP contribution in [0.1, 0.15) is 16.1 Å². The molecule has 4 N–H and O–H groups in total. The number of rotatable bonds is 5. The summed E-state index contributed by atoms with van der Waals surface area (Å²) < 4.78 is 14.0. The molecule has 0 aliphatic carbocycles. The van der Waals surface area contributed by atoms with E-state index in [9.17, 15) is 9.00 Å². The van der Waals surface area contributed by atoms with Crippen LogP contribution < -0.4 is 11.5 Å². The Morgan fingerprint density at radius 3 is 2.42 bits per heavy atom. The Bertz CT molecular complexity index is 1000. The molecule has 3 aromatic rings. The molecule has 0 bridgehead atoms. The first-order valence-corrected chi connectivity index (χ1v) is 9.22. The van der Waals surface area contributed by atoms with Gasteiger partial charge < -0.3 is 11.5 Å². The molecule has 26 heavy (non-hydrogen) atoms. The minimum absolute atomic E-state index is 0.0717. The lowest BCUT2D eigenvalue weighted by molar-refractivity contribution is 0.0996. The van der Waals surface area contributed by atoms with Gasteiger partial charge in [-0.05, 0) is 42.0 Å². The van der Waals surface area contributed by atoms with Gasteiger partial charge in [0, 0.05) is 9.92 Å². The number of halogens is 2. The molecular weight excluding hydrogens is 397 g/mol. The van der Waals surface area contributed by atoms with Crippen LogP contribution in [-0.2, 0) is 17.3 Å². The van der Waals surface area contributed by atoms with Gasteiger partial charge in [0.15, 0.2) is 11.5 Å². The Balaban J connectivity index is 1.85. The molecule has 0 radical (unpaired) electrons. The van der Waals surface area contributed by atoms with Crippen molar-refractivity contribution < 1.29 is 9.00 Å². The predicted octanol–water partition coefficient (Wildman–Crippen LogP) is 2.48. The van der Waals surface area contributed by atoms with Crippen molar-refractivity contribution in [3.63, 3.8) is 0 Å². The van der Waals surface area contributed by atoms with Gasteiger partial charge in [0.1, 0.15) is 0 Å². The summed E-state index contributed by atoms with van der Waals surface area (Å²) in [5.74, 6) is -0.678. The number of nitrogen functional groups attached to an aromatic ring is 1. The van der Waals surface area contributed by atoms with E-state index < -0.39 is 16.7 Å². The zero-order valence-electron chi connectivity index (χ0n) is 13.2. The van der Waals surface area contributed by atoms with Crippen molar-refractivity contribution in [1.29, 1.82) is 0 Å². The second-order valence-electron chi connectivity index (χ2n) is 5.33. The normalized spacial score (nSPS) is 12.1. The number of amides is 1. The van der Waals surface area contributed by atoms with E-state index in [1.54, 1.807) is 42.5 Å². The fourth-order valence-electron chi connectivity index (χ4n) is 2.26. The maximum absolute atomic E-state index is 12.7. The molecule has 7 nitrogen and oxygen atoms in total. The van der Waals surface area contributed by atoms with E-state index in [1.807, 2.05) is 0 Å². The Hall–Kier alpha value is -2.42. The van der Waals surface area contributed by atoms with Gasteiger partial charge in [-0.15, -0.1) is 5.10 Å². The van der Waals surface area contributed by atoms with E-state index in [-0.39, 0.29) is 18.1 Å². The van der Waals surface area contributed by atoms with Gasteiger partial charge in [0.25, 0.3) is 5.91 Å². The summed E-state index contributed by atoms with van der Waals surface area (Å²) >= 11 is 12.1. The molecule has 0 aliphatic heterocycles. The highest BCUT2D eigenvalue weighted by atomic mass is 35.5. The first kappa shape index (κ1) is 18.4. The topological polar surface area (TPSA) is 117 Å². The zero-order chi connectivity index (χ0) is 18.8. The van der Waals surface area contributed by atoms with E-state index >= 15 is 0 Å². The highest BCUT2D eigenvalue weighted by Crippen LogP contribution is 2.26. The summed E-state index contributed by atoms with van der Waals surface area (Å²) in [6.45, 7) is 0.236. The summed E-state index contributed by atoms with van der Waals surface area (Å²) in [5.41, 5.74) is 11.6. The van der Waals surface area contributed by atoms with Gasteiger partial charge in [-0.2, -0.15) is 0 Å². The molecule has 1 heterocycles. The summed E-state index contributed by atoms with van der Waals surface area (Å²) in [7, 11) is -1.44. The van der Waals surface area contributed by atoms with E-state index in [1.165, 1.54) is 4.68 Å². The molecule has 10 heteroatoms. The maximum Gasteiger partial charge on any atom is 0.273 e. The number of carbonyl (C=O) groups is 1. The zero-order valence-corrected chi connectivity index (χ0v) is 15.6. The van der Waals surface area contributed by atoms with Gasteiger partial charge in [-0.25, -0.2) is 8.89 Å². The van der Waals surface area contributed by atoms with Crippen molar-refractivity contribution >= 4 is 45.7 Å². The summed E-state index contributed by atoms with van der Waals surface area (Å²) in [5, 5.41) is 8.35. The first-order chi connectivity index (χ1) is 12.4. The van der Waals surface area contributed by atoms with Crippen molar-refractivity contribution in [2.75, 3.05) is 5.73 Å². The standard InChI is InChI=1S/C16H13Cl2N5O2S/c17-10-2-4-11(5-3-10)26(25)13-6-1-9(7-12(13)18)8-23-15(19)14(16(20)24)21-22-23/h1-7H,8,19H2,(H2,20,24). The third-order valence-electron chi connectivity index (χ3n) is 3.56. The predicted molar refractivity (Wildman–Crippen MR) is 99.6 cm³/mol. The highest BCUT2D eigenvalue weighted by molar-refractivity contribution is 7.85. The van der Waals surface area contributed by atoms with Crippen LogP contribution >= 0.6 is 23.2 Å². The average Bonchev–Trinajstić information content (AvgIpc) is 2.96. The number of aromatic nitrogens is 3. The fourth-order valence-corrected chi connectivity index (χ4v) is 3.87. The molecule has 1 unspecified atom stereocenters. The van der Waals surface area contributed by atoms with Crippen LogP contribution in [0.15, 0.2) is 52.3 Å². The fraction of sp³-hybridized carbons (Fsp3) is 0.0625. The SMILES string of the molecule is NC(=O)c1nnn(Cc2ccc(S(=O)c3ccc(Cl)cc3)c(Cl)c2)c1N. The molecule has 3 rings (SSSR count). The van der Waals surface area contributed by atoms with Crippen molar-refractivity contribution in [1.82, 2.24) is 15.0 Å². The molecule has 0 fully saturated rings. The number of nitrogens with zero attached hydrogens (tertiary/aromatic N) is 3. The largest absolute Gasteiger partial charge is 0.382 e. The molecule has 0 saturated carbocycles. The van der Waals surface area contributed by atoms with Gasteiger partial charge in [-0.3, -0.25) is 4.79 Å². The van der Waals surface area contributed by atoms with Crippen LogP contribution in [0.25, 0.3) is 0 Å². The third-order valence-corrected chi connectivity index (χ3v) is 5.70. The van der Waals surface area contributed by atoms with Crippen molar-refractivity contribution in [2.45, 2.75) is 16.3 Å². The van der Waals surface area contributed by atoms with Crippen LogP contribution in [0.3, 0.4) is 0 Å². The second kappa shape index (κ2) is 7.45. The molecular formula is C16H13Cl2N5O2S. The van der Waals surface area contributed by atoms with Crippen molar-refractivity contribution in [2.24, 2.45) is 5.73 Å². The molecule has 1 atom stereocenters. The number of benzene rings is 2. The molecule has 0 spiro atoms. The second-order valence-corrected chi connectivity index (χ2v) is 7.62. The van der Waals surface area contributed by atoms with E-state index in [0.29, 0.717) is 19.8 Å². The number of primary amides is 1. The number of hydrogen-bond acceptors (Lipinski definition) is 5. The Morgan fingerprint density at radius 2 is 1.85 bits per heavy atom. The Morgan fingerprint density at radius 1 is 1.15 bits per heavy atom. The van der Waals surface area contributed by atoms with Crippen molar-refractivity contribution in [3.05, 3.63) is 63.8 Å². The molecule has 0 aliphatic rings. The van der Waals surface area contributed by atoms with Crippen LogP contribution in [0.2, 0.25) is 10.0 Å². The Labute approximate surface area is 161 Å². The third kappa shape index (κ3) is 3.72. The van der Waals surface area contributed by atoms with Gasteiger partial charge >= 0.3 is 0 Å². The van der Waals surface area contributed by atoms with E-state index in [4.69, 9.17) is 34.7 Å². The van der Waals surface area contributed by atoms with E-state index in [2.05, 4.69) is 10.3 Å². The summed E-state index contributed by atoms with van der Waals surface area (Å²) in [6.07, 6.45) is 0. The van der Waals surface area contributed by atoms with Crippen LogP contribution in [0.5, 0.6) is 0 Å². The molecule has 2 aromatic carbocycles. The van der Waals surface area contributed by atoms with Crippen LogP contribution in [-0.4, -0.2) is 25.1 Å². The summed E-state index contributed by atoms with van der Waals surface area (Å²) in [6, 6.07) is 11.8. The van der Waals surface area contributed by atoms with Gasteiger partial charge in [0.2, 0.25) is 0 Å². The van der Waals surface area contributed by atoms with Gasteiger partial charge in [-0.1, -0.05) is 34.5 Å². The molecule has 134 valence electrons. The minimum atomic E-state index is -1.44. The molecule has 0 saturated heterocycles. The van der Waals surface area contributed by atoms with E-state index in [0.717, 1.165) is 5.56 Å². The lowest BCUT2D eigenvalue weighted by Crippen LogP contribution is -2.15. The lowest BCUT2D eigenvalue weighted by Gasteiger charge is -2.08. The number of nitrogens with two attached hydrogens (primary N) is 2. The average molecular weight is 410 g/mol. The number of carbonyl (C=O) groups excluding carboxylic acids is 1. The lowest BCUT2D eigenvalue weighted by atomic mass is 10.2. The monoisotopic (exact) mass is 409 g/mol. The number of hydrogen-bond donors (Lipinski definition) is 2. The highest BCUT2D eigenvalue weighted by Gasteiger charge is 2.16. The first-order valence-electron chi connectivity index (χ1n) is 7.31. The Kier molecular flexibility index (Phi) is 5.26. The maximum atomic E-state index is 12.7.